The summed E-state index contributed by atoms with van der Waals surface area (Å²) in [4.78, 5) is 11.4. The average Bonchev–Trinajstić information content (AvgIpc) is 3.40. The van der Waals surface area contributed by atoms with Crippen molar-refractivity contribution >= 4 is 5.97 Å². The Bertz CT molecular complexity index is 719. The molecule has 0 bridgehead atoms. The zero-order valence-corrected chi connectivity index (χ0v) is 18.3. The Labute approximate surface area is 185 Å². The van der Waals surface area contributed by atoms with Crippen molar-refractivity contribution in [3.05, 3.63) is 23.7 Å². The molecule has 0 spiro atoms. The fraction of sp³-hybridized carbons (Fsp3) is 0.773. The summed E-state index contributed by atoms with van der Waals surface area (Å²) >= 11 is 0. The van der Waals surface area contributed by atoms with E-state index in [1.165, 1.54) is 0 Å². The molecule has 3 aliphatic rings. The van der Waals surface area contributed by atoms with E-state index in [9.17, 15) is 13.2 Å². The van der Waals surface area contributed by atoms with Crippen molar-refractivity contribution in [2.45, 2.75) is 70.0 Å². The van der Waals surface area contributed by atoms with Gasteiger partial charge >= 0.3 is 12.1 Å². The number of alkyl halides is 3. The third-order valence-corrected chi connectivity index (χ3v) is 6.20. The molecule has 3 fully saturated rings. The number of aryl methyl sites for hydroxylation is 1. The topological polar surface area (TPSA) is 81.4 Å². The molecule has 7 nitrogen and oxygen atoms in total. The molecule has 3 heterocycles. The molecule has 3 atom stereocenters. The van der Waals surface area contributed by atoms with Crippen molar-refractivity contribution in [2.24, 2.45) is 5.92 Å². The van der Waals surface area contributed by atoms with Crippen molar-refractivity contribution in [1.82, 2.24) is 4.90 Å². The van der Waals surface area contributed by atoms with E-state index in [1.807, 2.05) is 0 Å². The molecule has 1 aromatic heterocycles. The van der Waals surface area contributed by atoms with Gasteiger partial charge in [-0.2, -0.15) is 13.2 Å². The van der Waals surface area contributed by atoms with Gasteiger partial charge in [-0.1, -0.05) is 6.92 Å². The van der Waals surface area contributed by atoms with E-state index < -0.39 is 12.1 Å². The Balaban J connectivity index is 0.000000360. The van der Waals surface area contributed by atoms with Crippen LogP contribution in [0.1, 0.15) is 44.1 Å². The first-order valence-electron chi connectivity index (χ1n) is 11.2. The number of aliphatic carboxylic acids is 1. The summed E-state index contributed by atoms with van der Waals surface area (Å²) in [7, 11) is 0. The van der Waals surface area contributed by atoms with Crippen LogP contribution in [-0.4, -0.2) is 73.4 Å². The van der Waals surface area contributed by atoms with Gasteiger partial charge in [-0.25, -0.2) is 4.79 Å². The number of furan rings is 1. The molecule has 32 heavy (non-hydrogen) atoms. The molecule has 1 aliphatic carbocycles. The predicted octanol–water partition coefficient (Wildman–Crippen LogP) is 3.65. The molecule has 182 valence electrons. The second-order valence-corrected chi connectivity index (χ2v) is 8.40. The Morgan fingerprint density at radius 1 is 1.16 bits per heavy atom. The van der Waals surface area contributed by atoms with Gasteiger partial charge in [0.05, 0.1) is 32.0 Å². The fourth-order valence-electron chi connectivity index (χ4n) is 4.44. The van der Waals surface area contributed by atoms with Gasteiger partial charge in [0.2, 0.25) is 0 Å². The summed E-state index contributed by atoms with van der Waals surface area (Å²) in [6, 6.07) is 4.68. The van der Waals surface area contributed by atoms with E-state index in [0.29, 0.717) is 12.0 Å². The highest BCUT2D eigenvalue weighted by atomic mass is 19.4. The number of nitrogens with zero attached hydrogens (tertiary/aromatic N) is 1. The van der Waals surface area contributed by atoms with Gasteiger partial charge in [0.1, 0.15) is 11.5 Å². The number of carboxylic acid groups (broad SMARTS) is 1. The van der Waals surface area contributed by atoms with Crippen LogP contribution < -0.4 is 0 Å². The Morgan fingerprint density at radius 2 is 1.84 bits per heavy atom. The number of fused-ring (bicyclic) bond motifs is 1. The molecular weight excluding hydrogens is 431 g/mol. The van der Waals surface area contributed by atoms with Crippen LogP contribution in [0.25, 0.3) is 0 Å². The predicted molar refractivity (Wildman–Crippen MR) is 108 cm³/mol. The van der Waals surface area contributed by atoms with E-state index in [1.54, 1.807) is 0 Å². The van der Waals surface area contributed by atoms with Crippen LogP contribution >= 0.6 is 0 Å². The van der Waals surface area contributed by atoms with Crippen molar-refractivity contribution in [2.75, 3.05) is 33.0 Å². The van der Waals surface area contributed by atoms with Crippen LogP contribution in [0.3, 0.4) is 0 Å². The van der Waals surface area contributed by atoms with Crippen molar-refractivity contribution in [3.8, 4) is 0 Å². The first kappa shape index (κ1) is 25.0. The van der Waals surface area contributed by atoms with Crippen LogP contribution in [-0.2, 0) is 32.0 Å². The monoisotopic (exact) mass is 463 g/mol. The Hall–Kier alpha value is -1.62. The highest BCUT2D eigenvalue weighted by Crippen LogP contribution is 2.34. The highest BCUT2D eigenvalue weighted by Gasteiger charge is 2.43. The molecule has 4 rings (SSSR count). The Morgan fingerprint density at radius 3 is 2.47 bits per heavy atom. The molecule has 2 aliphatic heterocycles. The van der Waals surface area contributed by atoms with Crippen molar-refractivity contribution in [3.63, 3.8) is 0 Å². The molecular formula is C22H32F3NO6. The minimum absolute atomic E-state index is 0.217. The smallest absolute Gasteiger partial charge is 0.475 e. The van der Waals surface area contributed by atoms with E-state index in [-0.39, 0.29) is 12.2 Å². The van der Waals surface area contributed by atoms with Crippen molar-refractivity contribution in [1.29, 1.82) is 0 Å². The molecule has 0 radical (unpaired) electrons. The van der Waals surface area contributed by atoms with Crippen LogP contribution in [0.2, 0.25) is 0 Å². The van der Waals surface area contributed by atoms with Crippen LogP contribution in [0.5, 0.6) is 0 Å². The van der Waals surface area contributed by atoms with Gasteiger partial charge < -0.3 is 23.7 Å². The first-order valence-corrected chi connectivity index (χ1v) is 11.2. The van der Waals surface area contributed by atoms with Crippen LogP contribution in [0, 0.1) is 5.92 Å². The zero-order chi connectivity index (χ0) is 23.1. The van der Waals surface area contributed by atoms with E-state index in [2.05, 4.69) is 24.0 Å². The summed E-state index contributed by atoms with van der Waals surface area (Å²) in [5, 5.41) is 7.12. The zero-order valence-electron chi connectivity index (χ0n) is 18.3. The first-order chi connectivity index (χ1) is 15.3. The van der Waals surface area contributed by atoms with Gasteiger partial charge in [-0.05, 0) is 43.7 Å². The van der Waals surface area contributed by atoms with Crippen LogP contribution in [0.4, 0.5) is 13.2 Å². The number of hydrogen-bond acceptors (Lipinski definition) is 6. The Kier molecular flexibility index (Phi) is 8.98. The lowest BCUT2D eigenvalue weighted by molar-refractivity contribution is -0.192. The fourth-order valence-corrected chi connectivity index (χ4v) is 4.44. The quantitative estimate of drug-likeness (QED) is 0.690. The largest absolute Gasteiger partial charge is 0.490 e. The number of carboxylic acids is 1. The molecule has 2 saturated heterocycles. The molecule has 0 amide bonds. The molecule has 1 saturated carbocycles. The number of rotatable bonds is 6. The van der Waals surface area contributed by atoms with E-state index >= 15 is 0 Å². The summed E-state index contributed by atoms with van der Waals surface area (Å²) in [5.74, 6) is 0.0450. The summed E-state index contributed by atoms with van der Waals surface area (Å²) in [5.41, 5.74) is 0. The number of hydrogen-bond donors (Lipinski definition) is 1. The average molecular weight is 463 g/mol. The molecule has 10 heteroatoms. The second-order valence-electron chi connectivity index (χ2n) is 8.40. The molecule has 1 N–H and O–H groups in total. The summed E-state index contributed by atoms with van der Waals surface area (Å²) in [6.45, 7) is 7.42. The molecule has 0 unspecified atom stereocenters. The molecule has 1 aromatic rings. The highest BCUT2D eigenvalue weighted by molar-refractivity contribution is 5.73. The lowest BCUT2D eigenvalue weighted by atomic mass is 10.0. The summed E-state index contributed by atoms with van der Waals surface area (Å²) in [6.07, 6.45) is 0.862. The third kappa shape index (κ3) is 6.94. The van der Waals surface area contributed by atoms with E-state index in [0.717, 1.165) is 83.1 Å². The minimum Gasteiger partial charge on any atom is -0.475 e. The maximum atomic E-state index is 10.6. The van der Waals surface area contributed by atoms with Gasteiger partial charge in [0, 0.05) is 32.2 Å². The number of carbonyl (C=O) groups is 1. The number of halogens is 3. The van der Waals surface area contributed by atoms with Gasteiger partial charge in [0.15, 0.2) is 0 Å². The normalized spacial score (nSPS) is 26.9. The molecule has 0 aromatic carbocycles. The maximum absolute atomic E-state index is 10.6. The maximum Gasteiger partial charge on any atom is 0.490 e. The summed E-state index contributed by atoms with van der Waals surface area (Å²) < 4.78 is 55.5. The van der Waals surface area contributed by atoms with Crippen LogP contribution in [0.15, 0.2) is 16.5 Å². The van der Waals surface area contributed by atoms with Gasteiger partial charge in [0.25, 0.3) is 0 Å². The van der Waals surface area contributed by atoms with Gasteiger partial charge in [-0.15, -0.1) is 0 Å². The lowest BCUT2D eigenvalue weighted by Crippen LogP contribution is -2.51. The standard InChI is InChI=1S/C20H31NO4.C2HF3O2/c1-2-16-3-4-17(25-16)13-21-9-12-23-20-18(21)5-6-19(20)24-14-15-7-10-22-11-8-15;3-2(4,5)1(6)7/h3-4,15,18-20H,2,5-14H2,1H3;(H,6,7)/t18-,19+,20+;/m0./s1. The minimum atomic E-state index is -5.08. The van der Waals surface area contributed by atoms with Crippen molar-refractivity contribution < 1.29 is 41.7 Å². The second kappa shape index (κ2) is 11.5. The number of morpholine rings is 1. The number of ether oxygens (including phenoxy) is 3. The lowest BCUT2D eigenvalue weighted by Gasteiger charge is -2.38. The third-order valence-electron chi connectivity index (χ3n) is 6.20. The SMILES string of the molecule is CCc1ccc(CN2CCO[C@H]3[C@H](OCC4CCOCC4)CC[C@@H]32)o1.O=C(O)C(F)(F)F. The van der Waals surface area contributed by atoms with Gasteiger partial charge in [-0.3, -0.25) is 4.90 Å². The van der Waals surface area contributed by atoms with E-state index in [4.69, 9.17) is 28.5 Å².